The molecule has 0 spiro atoms. The summed E-state index contributed by atoms with van der Waals surface area (Å²) in [5, 5.41) is 39.8. The lowest BCUT2D eigenvalue weighted by atomic mass is 9.55. The van der Waals surface area contributed by atoms with Gasteiger partial charge < -0.3 is 15.0 Å². The summed E-state index contributed by atoms with van der Waals surface area (Å²) in [6.45, 7) is 2.49. The number of ether oxygens (including phenoxy) is 1. The molecule has 1 aliphatic carbocycles. The zero-order chi connectivity index (χ0) is 19.6. The van der Waals surface area contributed by atoms with Gasteiger partial charge in [-0.25, -0.2) is 4.79 Å². The molecule has 3 rings (SSSR count). The second kappa shape index (κ2) is 7.23. The van der Waals surface area contributed by atoms with Crippen LogP contribution < -0.4 is 0 Å². The fourth-order valence-corrected chi connectivity index (χ4v) is 4.90. The van der Waals surface area contributed by atoms with E-state index < -0.39 is 29.3 Å². The van der Waals surface area contributed by atoms with Crippen LogP contribution in [0.2, 0.25) is 0 Å². The lowest BCUT2D eigenvalue weighted by Gasteiger charge is -2.46. The average molecular weight is 379 g/mol. The van der Waals surface area contributed by atoms with Crippen molar-refractivity contribution in [2.24, 2.45) is 17.3 Å². The number of nitriles is 3. The van der Waals surface area contributed by atoms with Crippen molar-refractivity contribution in [1.29, 1.82) is 21.2 Å². The number of carbonyl (C=O) groups excluding carboxylic acids is 1. The van der Waals surface area contributed by atoms with Gasteiger partial charge >= 0.3 is 6.09 Å². The van der Waals surface area contributed by atoms with Crippen molar-refractivity contribution < 1.29 is 9.53 Å². The highest BCUT2D eigenvalue weighted by molar-refractivity contribution is 7.10. The van der Waals surface area contributed by atoms with Gasteiger partial charge in [0.2, 0.25) is 0 Å². The molecule has 0 bridgehead atoms. The van der Waals surface area contributed by atoms with Gasteiger partial charge in [0, 0.05) is 29.8 Å². The van der Waals surface area contributed by atoms with Crippen LogP contribution in [0.3, 0.4) is 0 Å². The number of thiophene rings is 1. The first-order chi connectivity index (χ1) is 13.0. The number of hydrogen-bond acceptors (Lipinski definition) is 7. The summed E-state index contributed by atoms with van der Waals surface area (Å²) < 4.78 is 5.09. The van der Waals surface area contributed by atoms with Crippen LogP contribution >= 0.6 is 11.3 Å². The van der Waals surface area contributed by atoms with Gasteiger partial charge in [-0.05, 0) is 23.9 Å². The van der Waals surface area contributed by atoms with Crippen LogP contribution in [-0.2, 0) is 4.74 Å². The number of amides is 1. The molecule has 136 valence electrons. The molecule has 1 aromatic rings. The van der Waals surface area contributed by atoms with E-state index in [1.807, 2.05) is 29.7 Å². The topological polar surface area (TPSA) is 125 Å². The highest BCUT2D eigenvalue weighted by Gasteiger charge is 2.58. The van der Waals surface area contributed by atoms with Crippen LogP contribution in [-0.4, -0.2) is 36.4 Å². The molecule has 0 aromatic carbocycles. The Morgan fingerprint density at radius 3 is 2.74 bits per heavy atom. The number of carbonyl (C=O) groups is 1. The van der Waals surface area contributed by atoms with E-state index in [-0.39, 0.29) is 25.4 Å². The molecule has 1 unspecified atom stereocenters. The summed E-state index contributed by atoms with van der Waals surface area (Å²) in [6.07, 6.45) is 1.30. The molecule has 1 fully saturated rings. The Balaban J connectivity index is 2.15. The molecule has 1 aliphatic heterocycles. The van der Waals surface area contributed by atoms with Crippen molar-refractivity contribution in [3.8, 4) is 18.2 Å². The zero-order valence-electron chi connectivity index (χ0n) is 14.7. The Kier molecular flexibility index (Phi) is 4.99. The van der Waals surface area contributed by atoms with E-state index in [9.17, 15) is 20.6 Å². The van der Waals surface area contributed by atoms with Crippen LogP contribution in [0.15, 0.2) is 29.2 Å². The Morgan fingerprint density at radius 2 is 2.19 bits per heavy atom. The summed E-state index contributed by atoms with van der Waals surface area (Å²) >= 11 is 1.41. The number of nitrogens with one attached hydrogen (secondary N) is 1. The Hall–Kier alpha value is -3.15. The van der Waals surface area contributed by atoms with Crippen LogP contribution in [0.4, 0.5) is 4.79 Å². The first-order valence-corrected chi connectivity index (χ1v) is 9.38. The fraction of sp³-hybridized carbons (Fsp3) is 0.421. The third-order valence-electron chi connectivity index (χ3n) is 5.17. The van der Waals surface area contributed by atoms with Crippen molar-refractivity contribution >= 4 is 23.1 Å². The molecule has 0 radical (unpaired) electrons. The number of rotatable bonds is 2. The molecular formula is C19H17N5O2S. The molecule has 7 nitrogen and oxygen atoms in total. The smallest absolute Gasteiger partial charge is 0.410 e. The highest BCUT2D eigenvalue weighted by atomic mass is 32.1. The van der Waals surface area contributed by atoms with Crippen molar-refractivity contribution in [2.75, 3.05) is 19.7 Å². The Labute approximate surface area is 161 Å². The number of fused-ring (bicyclic) bond motifs is 1. The van der Waals surface area contributed by atoms with Gasteiger partial charge in [-0.3, -0.25) is 0 Å². The van der Waals surface area contributed by atoms with Crippen molar-refractivity contribution in [1.82, 2.24) is 4.90 Å². The van der Waals surface area contributed by atoms with E-state index in [1.54, 1.807) is 13.0 Å². The van der Waals surface area contributed by atoms with Crippen molar-refractivity contribution in [2.45, 2.75) is 12.8 Å². The molecule has 1 amide bonds. The van der Waals surface area contributed by atoms with E-state index in [0.717, 1.165) is 4.88 Å². The van der Waals surface area contributed by atoms with Gasteiger partial charge in [0.15, 0.2) is 5.41 Å². The zero-order valence-corrected chi connectivity index (χ0v) is 15.5. The largest absolute Gasteiger partial charge is 0.450 e. The molecule has 1 saturated carbocycles. The maximum atomic E-state index is 12.2. The van der Waals surface area contributed by atoms with Crippen molar-refractivity contribution in [3.05, 3.63) is 34.0 Å². The van der Waals surface area contributed by atoms with Gasteiger partial charge in [0.05, 0.1) is 30.5 Å². The van der Waals surface area contributed by atoms with Gasteiger partial charge in [-0.1, -0.05) is 12.1 Å². The van der Waals surface area contributed by atoms with Crippen molar-refractivity contribution in [3.63, 3.8) is 0 Å². The van der Waals surface area contributed by atoms with Gasteiger partial charge in [-0.15, -0.1) is 11.3 Å². The Bertz CT molecular complexity index is 901. The predicted octanol–water partition coefficient (Wildman–Crippen LogP) is 3.05. The molecule has 2 heterocycles. The normalized spacial score (nSPS) is 26.0. The maximum absolute atomic E-state index is 12.2. The van der Waals surface area contributed by atoms with Crippen LogP contribution in [0.25, 0.3) is 0 Å². The molecular weight excluding hydrogens is 362 g/mol. The predicted molar refractivity (Wildman–Crippen MR) is 97.7 cm³/mol. The van der Waals surface area contributed by atoms with E-state index in [0.29, 0.717) is 5.57 Å². The van der Waals surface area contributed by atoms with E-state index in [1.165, 1.54) is 16.2 Å². The third kappa shape index (κ3) is 2.77. The van der Waals surface area contributed by atoms with E-state index in [4.69, 9.17) is 10.1 Å². The summed E-state index contributed by atoms with van der Waals surface area (Å²) in [7, 11) is 0. The SMILES string of the molecule is CCOC(=O)N1CC=C2C(C#N)C(=N)C(C#N)(C#N)[C@H](c3cccs3)[C@@H]2C1. The standard InChI is InChI=1S/C19H17N5O2S/c1-2-26-18(25)24-6-5-12-13(8-20)17(23)19(10-21,11-22)16(14(12)9-24)15-4-3-7-27-15/h3-5,7,13-14,16,23H,2,6,9H2,1H3/t13?,14-,16+/m1/s1. The molecule has 2 aliphatic rings. The van der Waals surface area contributed by atoms with Gasteiger partial charge in [0.25, 0.3) is 0 Å². The third-order valence-corrected chi connectivity index (χ3v) is 6.12. The maximum Gasteiger partial charge on any atom is 0.410 e. The number of hydrogen-bond donors (Lipinski definition) is 1. The number of nitrogens with zero attached hydrogens (tertiary/aromatic N) is 4. The molecule has 0 saturated heterocycles. The lowest BCUT2D eigenvalue weighted by molar-refractivity contribution is 0.0994. The van der Waals surface area contributed by atoms with E-state index >= 15 is 0 Å². The highest BCUT2D eigenvalue weighted by Crippen LogP contribution is 2.54. The quantitative estimate of drug-likeness (QED) is 0.791. The summed E-state index contributed by atoms with van der Waals surface area (Å²) in [6, 6.07) is 9.81. The van der Waals surface area contributed by atoms with E-state index in [2.05, 4.69) is 6.07 Å². The molecule has 8 heteroatoms. The summed E-state index contributed by atoms with van der Waals surface area (Å²) in [5.41, 5.74) is -1.21. The Morgan fingerprint density at radius 1 is 1.44 bits per heavy atom. The average Bonchev–Trinajstić information content (AvgIpc) is 3.21. The molecule has 1 aromatic heterocycles. The van der Waals surface area contributed by atoms with Crippen LogP contribution in [0.1, 0.15) is 17.7 Å². The molecule has 27 heavy (non-hydrogen) atoms. The van der Waals surface area contributed by atoms with Gasteiger partial charge in [-0.2, -0.15) is 15.8 Å². The first-order valence-electron chi connectivity index (χ1n) is 8.50. The molecule has 3 atom stereocenters. The summed E-state index contributed by atoms with van der Waals surface area (Å²) in [4.78, 5) is 14.5. The monoisotopic (exact) mass is 379 g/mol. The minimum Gasteiger partial charge on any atom is -0.450 e. The second-order valence-electron chi connectivity index (χ2n) is 6.42. The lowest BCUT2D eigenvalue weighted by Crippen LogP contribution is -2.53. The molecule has 1 N–H and O–H groups in total. The first kappa shape index (κ1) is 18.6. The van der Waals surface area contributed by atoms with Gasteiger partial charge in [0.1, 0.15) is 5.92 Å². The van der Waals surface area contributed by atoms with Crippen LogP contribution in [0, 0.1) is 56.7 Å². The minimum atomic E-state index is -1.75. The second-order valence-corrected chi connectivity index (χ2v) is 7.39. The fourth-order valence-electron chi connectivity index (χ4n) is 3.95. The minimum absolute atomic E-state index is 0.180. The van der Waals surface area contributed by atoms with Crippen LogP contribution in [0.5, 0.6) is 0 Å². The summed E-state index contributed by atoms with van der Waals surface area (Å²) in [5.74, 6) is -1.96.